The Bertz CT molecular complexity index is 1200. The number of anilines is 2. The Morgan fingerprint density at radius 2 is 1.67 bits per heavy atom. The fraction of sp³-hybridized carbons (Fsp3) is 0.348. The molecule has 3 aromatic rings. The van der Waals surface area contributed by atoms with Gasteiger partial charge in [-0.3, -0.25) is 14.1 Å². The molecule has 8 nitrogen and oxygen atoms in total. The van der Waals surface area contributed by atoms with Gasteiger partial charge < -0.3 is 4.90 Å². The number of para-hydroxylation sites is 1. The number of nitrogens with zero attached hydrogens (tertiary/aromatic N) is 4. The maximum Gasteiger partial charge on any atom is 0.232 e. The third kappa shape index (κ3) is 5.75. The van der Waals surface area contributed by atoms with E-state index in [9.17, 15) is 13.2 Å². The molecule has 1 fully saturated rings. The zero-order valence-electron chi connectivity index (χ0n) is 18.6. The van der Waals surface area contributed by atoms with E-state index in [1.807, 2.05) is 41.8 Å². The van der Waals surface area contributed by atoms with Crippen LogP contribution in [-0.4, -0.2) is 53.6 Å². The first-order valence-electron chi connectivity index (χ1n) is 10.9. The number of rotatable bonds is 8. The van der Waals surface area contributed by atoms with Crippen molar-refractivity contribution in [2.45, 2.75) is 36.6 Å². The Kier molecular flexibility index (Phi) is 7.04. The maximum absolute atomic E-state index is 13.1. The summed E-state index contributed by atoms with van der Waals surface area (Å²) in [5.74, 6) is 0.743. The average molecular weight is 486 g/mol. The number of hydrogen-bond acceptors (Lipinski definition) is 7. The number of carbonyl (C=O) groups excluding carboxylic acids is 1. The first-order valence-corrected chi connectivity index (χ1v) is 13.6. The van der Waals surface area contributed by atoms with E-state index in [1.165, 1.54) is 18.2 Å². The predicted molar refractivity (Wildman–Crippen MR) is 132 cm³/mol. The monoisotopic (exact) mass is 485 g/mol. The third-order valence-corrected chi connectivity index (χ3v) is 7.04. The molecule has 1 aliphatic rings. The smallest absolute Gasteiger partial charge is 0.232 e. The van der Waals surface area contributed by atoms with Crippen molar-refractivity contribution in [2.75, 3.05) is 29.0 Å². The standard InChI is InChI=1S/C23H27N5O3S2/c1-17(21(29)18-11-13-19(14-12-18)26-33(2,30)31)32-23-25-24-22(27-15-7-4-8-16-27)28(23)20-9-5-3-6-10-20/h3,5-6,9-14,17,26H,4,7-8,15-16H2,1-2H3/t17-/m1/s1. The molecule has 2 aromatic carbocycles. The summed E-state index contributed by atoms with van der Waals surface area (Å²) < 4.78 is 27.2. The van der Waals surface area contributed by atoms with Crippen molar-refractivity contribution in [3.05, 3.63) is 60.2 Å². The number of thioether (sulfide) groups is 1. The van der Waals surface area contributed by atoms with Gasteiger partial charge in [-0.1, -0.05) is 30.0 Å². The van der Waals surface area contributed by atoms with E-state index in [2.05, 4.69) is 19.8 Å². The van der Waals surface area contributed by atoms with Gasteiger partial charge in [-0.2, -0.15) is 0 Å². The molecule has 33 heavy (non-hydrogen) atoms. The minimum atomic E-state index is -3.37. The van der Waals surface area contributed by atoms with Gasteiger partial charge in [0, 0.05) is 24.3 Å². The second-order valence-corrected chi connectivity index (χ2v) is 11.1. The minimum absolute atomic E-state index is 0.0620. The van der Waals surface area contributed by atoms with Crippen molar-refractivity contribution in [1.82, 2.24) is 14.8 Å². The van der Waals surface area contributed by atoms with Crippen LogP contribution in [0.25, 0.3) is 5.69 Å². The van der Waals surface area contributed by atoms with Crippen molar-refractivity contribution in [3.63, 3.8) is 0 Å². The van der Waals surface area contributed by atoms with Crippen LogP contribution in [0.2, 0.25) is 0 Å². The van der Waals surface area contributed by atoms with Crippen LogP contribution in [0.5, 0.6) is 0 Å². The number of Topliss-reactive ketones (excluding diaryl/α,β-unsaturated/α-hetero) is 1. The number of nitrogens with one attached hydrogen (secondary N) is 1. The van der Waals surface area contributed by atoms with Gasteiger partial charge in [0.15, 0.2) is 10.9 Å². The Hall–Kier alpha value is -2.85. The summed E-state index contributed by atoms with van der Waals surface area (Å²) in [5, 5.41) is 9.19. The molecule has 4 rings (SSSR count). The van der Waals surface area contributed by atoms with Crippen molar-refractivity contribution >= 4 is 39.2 Å². The van der Waals surface area contributed by atoms with E-state index >= 15 is 0 Å². The quantitative estimate of drug-likeness (QED) is 0.381. The summed E-state index contributed by atoms with van der Waals surface area (Å²) in [7, 11) is -3.37. The van der Waals surface area contributed by atoms with E-state index in [0.29, 0.717) is 16.4 Å². The second-order valence-electron chi connectivity index (χ2n) is 8.08. The van der Waals surface area contributed by atoms with E-state index in [1.54, 1.807) is 24.3 Å². The summed E-state index contributed by atoms with van der Waals surface area (Å²) in [5.41, 5.74) is 1.89. The zero-order chi connectivity index (χ0) is 23.4. The molecule has 10 heteroatoms. The molecule has 1 aromatic heterocycles. The number of ketones is 1. The molecule has 0 bridgehead atoms. The first-order chi connectivity index (χ1) is 15.8. The third-order valence-electron chi connectivity index (χ3n) is 5.39. The molecule has 1 aliphatic heterocycles. The number of sulfonamides is 1. The van der Waals surface area contributed by atoms with Crippen molar-refractivity contribution in [3.8, 4) is 5.69 Å². The van der Waals surface area contributed by atoms with Crippen LogP contribution in [0.1, 0.15) is 36.5 Å². The number of carbonyl (C=O) groups is 1. The highest BCUT2D eigenvalue weighted by Crippen LogP contribution is 2.31. The van der Waals surface area contributed by atoms with E-state index in [0.717, 1.165) is 43.8 Å². The van der Waals surface area contributed by atoms with Gasteiger partial charge in [-0.15, -0.1) is 10.2 Å². The molecular weight excluding hydrogens is 458 g/mol. The van der Waals surface area contributed by atoms with Crippen molar-refractivity contribution < 1.29 is 13.2 Å². The lowest BCUT2D eigenvalue weighted by Gasteiger charge is -2.28. The largest absolute Gasteiger partial charge is 0.341 e. The lowest BCUT2D eigenvalue weighted by molar-refractivity contribution is 0.0994. The van der Waals surface area contributed by atoms with Gasteiger partial charge in [-0.05, 0) is 62.6 Å². The van der Waals surface area contributed by atoms with Gasteiger partial charge in [-0.25, -0.2) is 8.42 Å². The summed E-state index contributed by atoms with van der Waals surface area (Å²) in [6.07, 6.45) is 4.57. The number of hydrogen-bond donors (Lipinski definition) is 1. The number of piperidine rings is 1. The fourth-order valence-electron chi connectivity index (χ4n) is 3.80. The number of aromatic nitrogens is 3. The number of benzene rings is 2. The molecule has 1 N–H and O–H groups in total. The van der Waals surface area contributed by atoms with Crippen molar-refractivity contribution in [2.24, 2.45) is 0 Å². The second kappa shape index (κ2) is 9.96. The van der Waals surface area contributed by atoms with Crippen LogP contribution in [0, 0.1) is 0 Å². The first kappa shape index (κ1) is 23.3. The molecular formula is C23H27N5O3S2. The summed E-state index contributed by atoms with van der Waals surface area (Å²) >= 11 is 1.37. The Balaban J connectivity index is 1.56. The minimum Gasteiger partial charge on any atom is -0.341 e. The van der Waals surface area contributed by atoms with Crippen molar-refractivity contribution in [1.29, 1.82) is 0 Å². The van der Waals surface area contributed by atoms with E-state index < -0.39 is 15.3 Å². The molecule has 1 atom stereocenters. The molecule has 174 valence electrons. The van der Waals surface area contributed by atoms with E-state index in [-0.39, 0.29) is 5.78 Å². The maximum atomic E-state index is 13.1. The molecule has 0 aliphatic carbocycles. The molecule has 0 unspecified atom stereocenters. The topological polar surface area (TPSA) is 97.2 Å². The van der Waals surface area contributed by atoms with Crippen LogP contribution in [0.4, 0.5) is 11.6 Å². The molecule has 0 radical (unpaired) electrons. The van der Waals surface area contributed by atoms with Gasteiger partial charge >= 0.3 is 0 Å². The normalized spacial score (nSPS) is 15.3. The highest BCUT2D eigenvalue weighted by molar-refractivity contribution is 8.00. The lowest BCUT2D eigenvalue weighted by atomic mass is 10.1. The van der Waals surface area contributed by atoms with Crippen LogP contribution in [0.3, 0.4) is 0 Å². The van der Waals surface area contributed by atoms with E-state index in [4.69, 9.17) is 0 Å². The summed E-state index contributed by atoms with van der Waals surface area (Å²) in [6, 6.07) is 16.4. The SMILES string of the molecule is C[C@@H](Sc1nnc(N2CCCCC2)n1-c1ccccc1)C(=O)c1ccc(NS(C)(=O)=O)cc1. The highest BCUT2D eigenvalue weighted by atomic mass is 32.2. The van der Waals surface area contributed by atoms with Gasteiger partial charge in [0.1, 0.15) is 0 Å². The summed E-state index contributed by atoms with van der Waals surface area (Å²) in [6.45, 7) is 3.73. The molecule has 2 heterocycles. The fourth-order valence-corrected chi connectivity index (χ4v) is 5.31. The van der Waals surface area contributed by atoms with Crippen LogP contribution in [-0.2, 0) is 10.0 Å². The molecule has 1 saturated heterocycles. The lowest BCUT2D eigenvalue weighted by Crippen LogP contribution is -2.31. The highest BCUT2D eigenvalue weighted by Gasteiger charge is 2.25. The van der Waals surface area contributed by atoms with Gasteiger partial charge in [0.2, 0.25) is 16.0 Å². The Morgan fingerprint density at radius 1 is 1.00 bits per heavy atom. The molecule has 0 saturated carbocycles. The molecule has 0 spiro atoms. The van der Waals surface area contributed by atoms with Crippen LogP contribution in [0.15, 0.2) is 59.8 Å². The average Bonchev–Trinajstić information content (AvgIpc) is 3.22. The predicted octanol–water partition coefficient (Wildman–Crippen LogP) is 3.99. The van der Waals surface area contributed by atoms with Gasteiger partial charge in [0.25, 0.3) is 0 Å². The van der Waals surface area contributed by atoms with Crippen LogP contribution >= 0.6 is 11.8 Å². The zero-order valence-corrected chi connectivity index (χ0v) is 20.3. The summed E-state index contributed by atoms with van der Waals surface area (Å²) in [4.78, 5) is 15.3. The molecule has 0 amide bonds. The Labute approximate surface area is 198 Å². The Morgan fingerprint density at radius 3 is 2.30 bits per heavy atom. The van der Waals surface area contributed by atoms with Gasteiger partial charge in [0.05, 0.1) is 17.2 Å². The van der Waals surface area contributed by atoms with Crippen LogP contribution < -0.4 is 9.62 Å².